The van der Waals surface area contributed by atoms with Gasteiger partial charge in [-0.15, -0.1) is 0 Å². The highest BCUT2D eigenvalue weighted by Crippen LogP contribution is 2.45. The topological polar surface area (TPSA) is 237 Å². The lowest BCUT2D eigenvalue weighted by molar-refractivity contribution is -0.161. The highest BCUT2D eigenvalue weighted by Gasteiger charge is 2.30. The van der Waals surface area contributed by atoms with E-state index in [0.29, 0.717) is 37.5 Å². The van der Waals surface area contributed by atoms with E-state index in [9.17, 15) is 43.2 Å². The summed E-state index contributed by atoms with van der Waals surface area (Å²) in [5, 5.41) is 10.5. The minimum Gasteiger partial charge on any atom is -0.462 e. The van der Waals surface area contributed by atoms with Crippen LogP contribution in [-0.4, -0.2) is 96.7 Å². The van der Waals surface area contributed by atoms with Gasteiger partial charge in [-0.25, -0.2) is 9.13 Å². The number of rotatable bonds is 63. The van der Waals surface area contributed by atoms with E-state index in [-0.39, 0.29) is 25.7 Å². The predicted molar refractivity (Wildman–Crippen MR) is 340 cm³/mol. The average Bonchev–Trinajstić information content (AvgIpc) is 3.56. The largest absolute Gasteiger partial charge is 0.472 e. The summed E-state index contributed by atoms with van der Waals surface area (Å²) in [5.74, 6) is 0.781. The van der Waals surface area contributed by atoms with Crippen LogP contribution >= 0.6 is 15.6 Å². The van der Waals surface area contributed by atoms with Gasteiger partial charge in [-0.1, -0.05) is 267 Å². The molecule has 0 aromatic carbocycles. The molecule has 0 fully saturated rings. The molecule has 0 saturated heterocycles. The van der Waals surface area contributed by atoms with Crippen molar-refractivity contribution in [2.24, 2.45) is 23.7 Å². The molecule has 85 heavy (non-hydrogen) atoms. The van der Waals surface area contributed by atoms with Crippen molar-refractivity contribution in [2.75, 3.05) is 39.6 Å². The molecule has 0 aromatic rings. The summed E-state index contributed by atoms with van der Waals surface area (Å²) in [6.45, 7) is 14.0. The summed E-state index contributed by atoms with van der Waals surface area (Å²) >= 11 is 0. The van der Waals surface area contributed by atoms with Crippen LogP contribution in [0.15, 0.2) is 0 Å². The predicted octanol–water partition coefficient (Wildman–Crippen LogP) is 18.1. The lowest BCUT2D eigenvalue weighted by Gasteiger charge is -2.21. The van der Waals surface area contributed by atoms with Crippen molar-refractivity contribution < 1.29 is 80.2 Å². The molecule has 19 heteroatoms. The van der Waals surface area contributed by atoms with Gasteiger partial charge in [0, 0.05) is 25.7 Å². The Balaban J connectivity index is 5.25. The monoisotopic (exact) mass is 1250 g/mol. The Morgan fingerprint density at radius 2 is 0.565 bits per heavy atom. The molecule has 0 aliphatic heterocycles. The molecule has 0 amide bonds. The van der Waals surface area contributed by atoms with E-state index in [1.165, 1.54) is 109 Å². The van der Waals surface area contributed by atoms with Crippen LogP contribution in [-0.2, 0) is 65.4 Å². The molecule has 0 radical (unpaired) electrons. The third-order valence-electron chi connectivity index (χ3n) is 15.4. The van der Waals surface area contributed by atoms with Crippen LogP contribution in [0.3, 0.4) is 0 Å². The van der Waals surface area contributed by atoms with Crippen LogP contribution in [0, 0.1) is 23.7 Å². The van der Waals surface area contributed by atoms with Gasteiger partial charge < -0.3 is 33.8 Å². The third kappa shape index (κ3) is 59.5. The van der Waals surface area contributed by atoms with Crippen molar-refractivity contribution in [1.82, 2.24) is 0 Å². The van der Waals surface area contributed by atoms with Crippen LogP contribution in [0.4, 0.5) is 0 Å². The minimum absolute atomic E-state index is 0.103. The molecule has 504 valence electrons. The molecular weight excluding hydrogens is 1130 g/mol. The van der Waals surface area contributed by atoms with Gasteiger partial charge in [0.15, 0.2) is 12.2 Å². The van der Waals surface area contributed by atoms with Gasteiger partial charge in [0.1, 0.15) is 19.3 Å². The highest BCUT2D eigenvalue weighted by molar-refractivity contribution is 7.47. The zero-order valence-corrected chi connectivity index (χ0v) is 57.0. The zero-order chi connectivity index (χ0) is 63.2. The van der Waals surface area contributed by atoms with E-state index in [0.717, 1.165) is 115 Å². The molecule has 6 atom stereocenters. The number of carbonyl (C=O) groups is 4. The summed E-state index contributed by atoms with van der Waals surface area (Å²) in [5.41, 5.74) is 0. The fraction of sp³-hybridized carbons (Fsp3) is 0.939. The molecule has 17 nitrogen and oxygen atoms in total. The van der Waals surface area contributed by atoms with Crippen LogP contribution < -0.4 is 0 Å². The zero-order valence-electron chi connectivity index (χ0n) is 55.2. The second kappa shape index (κ2) is 56.1. The molecule has 0 aromatic heterocycles. The number of aliphatic hydroxyl groups is 1. The maximum absolute atomic E-state index is 13.0. The third-order valence-corrected chi connectivity index (χ3v) is 17.3. The Labute approximate surface area is 517 Å². The second-order valence-electron chi connectivity index (χ2n) is 25.5. The van der Waals surface area contributed by atoms with Gasteiger partial charge in [-0.05, 0) is 49.4 Å². The Morgan fingerprint density at radius 3 is 0.835 bits per heavy atom. The van der Waals surface area contributed by atoms with E-state index >= 15 is 0 Å². The molecule has 0 spiro atoms. The second-order valence-corrected chi connectivity index (χ2v) is 28.4. The Morgan fingerprint density at radius 1 is 0.329 bits per heavy atom. The van der Waals surface area contributed by atoms with E-state index in [1.807, 2.05) is 0 Å². The molecule has 0 aliphatic rings. The number of hydrogen-bond donors (Lipinski definition) is 3. The number of esters is 4. The molecule has 0 saturated carbocycles. The fourth-order valence-corrected chi connectivity index (χ4v) is 11.3. The van der Waals surface area contributed by atoms with Gasteiger partial charge in [0.25, 0.3) is 0 Å². The number of hydrogen-bond acceptors (Lipinski definition) is 15. The Kier molecular flexibility index (Phi) is 54.8. The lowest BCUT2D eigenvalue weighted by atomic mass is 9.99. The molecule has 0 rings (SSSR count). The van der Waals surface area contributed by atoms with Gasteiger partial charge in [0.2, 0.25) is 0 Å². The molecule has 0 bridgehead atoms. The van der Waals surface area contributed by atoms with Crippen molar-refractivity contribution in [3.63, 3.8) is 0 Å². The molecule has 4 unspecified atom stereocenters. The highest BCUT2D eigenvalue weighted by atomic mass is 31.2. The van der Waals surface area contributed by atoms with Crippen molar-refractivity contribution in [3.05, 3.63) is 0 Å². The summed E-state index contributed by atoms with van der Waals surface area (Å²) in [7, 11) is -9.89. The summed E-state index contributed by atoms with van der Waals surface area (Å²) < 4.78 is 68.1. The van der Waals surface area contributed by atoms with Gasteiger partial charge in [0.05, 0.1) is 26.4 Å². The quantitative estimate of drug-likeness (QED) is 0.0222. The first-order valence-corrected chi connectivity index (χ1v) is 37.2. The van der Waals surface area contributed by atoms with Crippen molar-refractivity contribution in [2.45, 2.75) is 337 Å². The number of phosphoric acid groups is 2. The van der Waals surface area contributed by atoms with Gasteiger partial charge in [-0.2, -0.15) is 0 Å². The van der Waals surface area contributed by atoms with E-state index in [1.54, 1.807) is 0 Å². The number of unbranched alkanes of at least 4 members (excludes halogenated alkanes) is 28. The summed E-state index contributed by atoms with van der Waals surface area (Å²) in [6, 6.07) is 0. The number of aliphatic hydroxyl groups excluding tert-OH is 1. The van der Waals surface area contributed by atoms with Crippen LogP contribution in [0.1, 0.15) is 319 Å². The fourth-order valence-electron chi connectivity index (χ4n) is 9.75. The van der Waals surface area contributed by atoms with Crippen LogP contribution in [0.2, 0.25) is 0 Å². The van der Waals surface area contributed by atoms with E-state index in [4.69, 9.17) is 37.0 Å². The maximum atomic E-state index is 13.0. The Hall–Kier alpha value is -1.94. The van der Waals surface area contributed by atoms with Crippen molar-refractivity contribution in [1.29, 1.82) is 0 Å². The average molecular weight is 1260 g/mol. The standard InChI is InChI=1S/C66H128O17P2/c1-9-59(8)45-37-29-20-15-16-22-33-41-49-66(71)83-62(53-77-64(69)47-39-31-25-24-28-36-44-58(6)7)55-81-85(74,75)79-51-60(67)50-78-84(72,73)80-54-61(52-76-63(68)46-38-30-23-17-19-27-35-43-57(4)5)82-65(70)48-40-32-21-14-12-10-11-13-18-26-34-42-56(2)3/h56-62,67H,9-55H2,1-8H3,(H,72,73)(H,74,75)/t59?,60?,61-,62-/m1/s1. The van der Waals surface area contributed by atoms with Gasteiger partial charge >= 0.3 is 39.5 Å². The first-order valence-electron chi connectivity index (χ1n) is 34.2. The molecule has 0 heterocycles. The number of phosphoric ester groups is 2. The smallest absolute Gasteiger partial charge is 0.462 e. The lowest BCUT2D eigenvalue weighted by Crippen LogP contribution is -2.30. The summed E-state index contributed by atoms with van der Waals surface area (Å²) in [6.07, 6.45) is 36.3. The maximum Gasteiger partial charge on any atom is 0.472 e. The first kappa shape index (κ1) is 83.1. The summed E-state index contributed by atoms with van der Waals surface area (Å²) in [4.78, 5) is 72.3. The first-order chi connectivity index (χ1) is 40.6. The van der Waals surface area contributed by atoms with Crippen LogP contribution in [0.25, 0.3) is 0 Å². The van der Waals surface area contributed by atoms with Crippen molar-refractivity contribution >= 4 is 39.5 Å². The number of carbonyl (C=O) groups excluding carboxylic acids is 4. The van der Waals surface area contributed by atoms with Gasteiger partial charge in [-0.3, -0.25) is 37.3 Å². The van der Waals surface area contributed by atoms with E-state index < -0.39 is 97.5 Å². The number of ether oxygens (including phenoxy) is 4. The van der Waals surface area contributed by atoms with E-state index in [2.05, 4.69) is 55.4 Å². The molecule has 3 N–H and O–H groups in total. The van der Waals surface area contributed by atoms with Crippen molar-refractivity contribution in [3.8, 4) is 0 Å². The SMILES string of the molecule is CCC(C)CCCCCCCCCCC(=O)O[C@H](COC(=O)CCCCCCCCC(C)C)COP(=O)(O)OCC(O)COP(=O)(O)OC[C@@H](COC(=O)CCCCCCCCCC(C)C)OC(=O)CCCCCCCCCCCCCC(C)C. The normalized spacial score (nSPS) is 14.7. The Bertz CT molecular complexity index is 1700. The molecular formula is C66H128O17P2. The molecule has 0 aliphatic carbocycles. The van der Waals surface area contributed by atoms with Crippen LogP contribution in [0.5, 0.6) is 0 Å². The minimum atomic E-state index is -4.95.